The standard InChI is InChI=1S/C12H22O4S/c13-17(14,15)11-7-3-1-6-10-16-12(11)8-4-2-5-9-12/h11H,1-10H2,(H,13,14,15)/p-1. The second kappa shape index (κ2) is 5.24. The van der Waals surface area contributed by atoms with E-state index in [4.69, 9.17) is 4.74 Å². The average molecular weight is 261 g/mol. The molecule has 2 fully saturated rings. The molecule has 0 aromatic heterocycles. The molecule has 0 N–H and O–H groups in total. The maximum Gasteiger partial charge on any atom is 0.100 e. The van der Waals surface area contributed by atoms with Crippen molar-refractivity contribution in [1.29, 1.82) is 0 Å². The van der Waals surface area contributed by atoms with E-state index in [1.54, 1.807) is 0 Å². The van der Waals surface area contributed by atoms with Crippen molar-refractivity contribution in [2.75, 3.05) is 6.61 Å². The highest BCUT2D eigenvalue weighted by molar-refractivity contribution is 7.86. The zero-order valence-corrected chi connectivity index (χ0v) is 11.0. The van der Waals surface area contributed by atoms with E-state index in [1.807, 2.05) is 0 Å². The maximum atomic E-state index is 11.5. The highest BCUT2D eigenvalue weighted by atomic mass is 32.2. The summed E-state index contributed by atoms with van der Waals surface area (Å²) in [5, 5.41) is -0.824. The third-order valence-electron chi connectivity index (χ3n) is 4.14. The van der Waals surface area contributed by atoms with Crippen LogP contribution in [0.3, 0.4) is 0 Å². The predicted molar refractivity (Wildman–Crippen MR) is 63.7 cm³/mol. The summed E-state index contributed by atoms with van der Waals surface area (Å²) in [5.74, 6) is 0. The van der Waals surface area contributed by atoms with Crippen LogP contribution in [0, 0.1) is 0 Å². The Kier molecular flexibility index (Phi) is 4.10. The van der Waals surface area contributed by atoms with Gasteiger partial charge in [-0.25, -0.2) is 8.42 Å². The van der Waals surface area contributed by atoms with Gasteiger partial charge in [-0.15, -0.1) is 0 Å². The Morgan fingerprint density at radius 3 is 2.29 bits per heavy atom. The molecule has 0 aromatic rings. The Morgan fingerprint density at radius 1 is 1.00 bits per heavy atom. The molecule has 0 radical (unpaired) electrons. The minimum Gasteiger partial charge on any atom is -0.748 e. The second-order valence-corrected chi connectivity index (χ2v) is 6.86. The lowest BCUT2D eigenvalue weighted by atomic mass is 9.80. The van der Waals surface area contributed by atoms with Gasteiger partial charge in [-0.3, -0.25) is 0 Å². The van der Waals surface area contributed by atoms with E-state index in [1.165, 1.54) is 0 Å². The fraction of sp³-hybridized carbons (Fsp3) is 1.00. The highest BCUT2D eigenvalue weighted by Gasteiger charge is 2.44. The van der Waals surface area contributed by atoms with Crippen molar-refractivity contribution in [3.05, 3.63) is 0 Å². The van der Waals surface area contributed by atoms with E-state index in [2.05, 4.69) is 0 Å². The van der Waals surface area contributed by atoms with Crippen molar-refractivity contribution in [1.82, 2.24) is 0 Å². The monoisotopic (exact) mass is 261 g/mol. The first-order valence-electron chi connectivity index (χ1n) is 6.63. The van der Waals surface area contributed by atoms with Crippen LogP contribution in [0.5, 0.6) is 0 Å². The van der Waals surface area contributed by atoms with Gasteiger partial charge >= 0.3 is 0 Å². The molecule has 0 bridgehead atoms. The van der Waals surface area contributed by atoms with Crippen LogP contribution in [0.4, 0.5) is 0 Å². The molecule has 2 rings (SSSR count). The van der Waals surface area contributed by atoms with Gasteiger partial charge in [0.25, 0.3) is 0 Å². The van der Waals surface area contributed by atoms with Gasteiger partial charge in [-0.05, 0) is 25.7 Å². The van der Waals surface area contributed by atoms with Gasteiger partial charge < -0.3 is 9.29 Å². The third-order valence-corrected chi connectivity index (χ3v) is 5.50. The lowest BCUT2D eigenvalue weighted by Gasteiger charge is -2.45. The van der Waals surface area contributed by atoms with E-state index >= 15 is 0 Å². The molecule has 17 heavy (non-hydrogen) atoms. The molecule has 1 heterocycles. The molecule has 1 spiro atoms. The second-order valence-electron chi connectivity index (χ2n) is 5.30. The lowest BCUT2D eigenvalue weighted by Crippen LogP contribution is -2.51. The molecule has 1 saturated carbocycles. The first-order valence-corrected chi connectivity index (χ1v) is 8.10. The molecule has 100 valence electrons. The minimum atomic E-state index is -4.25. The Bertz CT molecular complexity index is 344. The first-order chi connectivity index (χ1) is 8.05. The van der Waals surface area contributed by atoms with E-state index < -0.39 is 21.0 Å². The van der Waals surface area contributed by atoms with Crippen molar-refractivity contribution >= 4 is 10.1 Å². The van der Waals surface area contributed by atoms with Gasteiger partial charge in [-0.2, -0.15) is 0 Å². The van der Waals surface area contributed by atoms with Crippen LogP contribution in [-0.4, -0.2) is 30.4 Å². The molecule has 5 heteroatoms. The summed E-state index contributed by atoms with van der Waals surface area (Å²) in [6, 6.07) is 0. The lowest BCUT2D eigenvalue weighted by molar-refractivity contribution is -0.0813. The highest BCUT2D eigenvalue weighted by Crippen LogP contribution is 2.40. The van der Waals surface area contributed by atoms with Crippen LogP contribution in [0.25, 0.3) is 0 Å². The Morgan fingerprint density at radius 2 is 1.65 bits per heavy atom. The summed E-state index contributed by atoms with van der Waals surface area (Å²) in [5.41, 5.74) is -0.667. The topological polar surface area (TPSA) is 66.4 Å². The van der Waals surface area contributed by atoms with Crippen LogP contribution < -0.4 is 0 Å². The van der Waals surface area contributed by atoms with Gasteiger partial charge in [0.1, 0.15) is 10.1 Å². The molecule has 0 aromatic carbocycles. The van der Waals surface area contributed by atoms with Crippen LogP contribution in [0.15, 0.2) is 0 Å². The first kappa shape index (κ1) is 13.3. The quantitative estimate of drug-likeness (QED) is 0.679. The fourth-order valence-corrected chi connectivity index (χ4v) is 4.55. The van der Waals surface area contributed by atoms with Gasteiger partial charge in [0.15, 0.2) is 0 Å². The molecule has 0 amide bonds. The summed E-state index contributed by atoms with van der Waals surface area (Å²) >= 11 is 0. The summed E-state index contributed by atoms with van der Waals surface area (Å²) in [6.07, 6.45) is 7.80. The maximum absolute atomic E-state index is 11.5. The third kappa shape index (κ3) is 3.01. The Labute approximate surface area is 103 Å². The van der Waals surface area contributed by atoms with Gasteiger partial charge in [0.05, 0.1) is 10.9 Å². The van der Waals surface area contributed by atoms with Crippen molar-refractivity contribution in [2.24, 2.45) is 0 Å². The van der Waals surface area contributed by atoms with E-state index in [0.29, 0.717) is 13.0 Å². The summed E-state index contributed by atoms with van der Waals surface area (Å²) in [6.45, 7) is 0.603. The molecule has 1 unspecified atom stereocenters. The largest absolute Gasteiger partial charge is 0.748 e. The molecule has 2 aliphatic rings. The predicted octanol–water partition coefficient (Wildman–Crippen LogP) is 2.19. The Hall–Kier alpha value is -0.130. The summed E-state index contributed by atoms with van der Waals surface area (Å²) in [7, 11) is -4.25. The molecule has 1 saturated heterocycles. The fourth-order valence-electron chi connectivity index (χ4n) is 3.26. The SMILES string of the molecule is O=S(=O)([O-])C1CCCCCOC12CCCCC2. The van der Waals surface area contributed by atoms with Crippen molar-refractivity contribution in [3.63, 3.8) is 0 Å². The number of rotatable bonds is 1. The van der Waals surface area contributed by atoms with Crippen LogP contribution in [-0.2, 0) is 14.9 Å². The minimum absolute atomic E-state index is 0.478. The van der Waals surface area contributed by atoms with Crippen LogP contribution >= 0.6 is 0 Å². The molecule has 4 nitrogen and oxygen atoms in total. The summed E-state index contributed by atoms with van der Waals surface area (Å²) < 4.78 is 40.3. The number of hydrogen-bond donors (Lipinski definition) is 0. The van der Waals surface area contributed by atoms with Gasteiger partial charge in [-0.1, -0.05) is 32.1 Å². The Balaban J connectivity index is 2.26. The zero-order chi connectivity index (χ0) is 12.4. The van der Waals surface area contributed by atoms with Gasteiger partial charge in [0.2, 0.25) is 0 Å². The van der Waals surface area contributed by atoms with E-state index in [-0.39, 0.29) is 0 Å². The smallest absolute Gasteiger partial charge is 0.100 e. The van der Waals surface area contributed by atoms with Crippen LogP contribution in [0.2, 0.25) is 0 Å². The molecular formula is C12H21O4S-. The zero-order valence-electron chi connectivity index (χ0n) is 10.2. The number of ether oxygens (including phenoxy) is 1. The van der Waals surface area contributed by atoms with Crippen molar-refractivity contribution in [3.8, 4) is 0 Å². The van der Waals surface area contributed by atoms with Crippen LogP contribution in [0.1, 0.15) is 57.8 Å². The van der Waals surface area contributed by atoms with Crippen molar-refractivity contribution in [2.45, 2.75) is 68.6 Å². The van der Waals surface area contributed by atoms with Gasteiger partial charge in [0, 0.05) is 6.61 Å². The normalized spacial score (nSPS) is 30.8. The molecule has 1 aliphatic carbocycles. The molecule has 1 aliphatic heterocycles. The van der Waals surface area contributed by atoms with E-state index in [0.717, 1.165) is 51.4 Å². The van der Waals surface area contributed by atoms with E-state index in [9.17, 15) is 13.0 Å². The average Bonchev–Trinajstić information content (AvgIpc) is 2.24. The molecule has 1 atom stereocenters. The van der Waals surface area contributed by atoms with Crippen molar-refractivity contribution < 1.29 is 17.7 Å². The molecular weight excluding hydrogens is 240 g/mol. The number of hydrogen-bond acceptors (Lipinski definition) is 4. The summed E-state index contributed by atoms with van der Waals surface area (Å²) in [4.78, 5) is 0.